The summed E-state index contributed by atoms with van der Waals surface area (Å²) >= 11 is 0. The van der Waals surface area contributed by atoms with Crippen LogP contribution < -0.4 is 11.1 Å². The molecule has 1 aliphatic carbocycles. The third kappa shape index (κ3) is 2.20. The van der Waals surface area contributed by atoms with Crippen LogP contribution in [-0.4, -0.2) is 36.0 Å². The summed E-state index contributed by atoms with van der Waals surface area (Å²) in [5.74, 6) is -5.56. The standard InChI is InChI=1S/C12H18F2N2O3/c1-6-3-8-7(2)19-10(18)11(8,5-12(6,13)14)16-4-9(15)17/h6-8,16H,3-5H2,1-2H3,(H2,15,17). The number of primary amides is 1. The zero-order valence-corrected chi connectivity index (χ0v) is 10.9. The number of carbonyl (C=O) groups is 2. The maximum Gasteiger partial charge on any atom is 0.327 e. The van der Waals surface area contributed by atoms with E-state index < -0.39 is 41.8 Å². The number of cyclic esters (lactones) is 1. The van der Waals surface area contributed by atoms with E-state index in [0.29, 0.717) is 0 Å². The molecule has 7 heteroatoms. The average Bonchev–Trinajstić information content (AvgIpc) is 2.50. The van der Waals surface area contributed by atoms with Crippen LogP contribution in [0.2, 0.25) is 0 Å². The van der Waals surface area contributed by atoms with Crippen molar-refractivity contribution in [1.29, 1.82) is 0 Å². The lowest BCUT2D eigenvalue weighted by Gasteiger charge is -2.43. The minimum absolute atomic E-state index is 0.172. The van der Waals surface area contributed by atoms with E-state index in [1.54, 1.807) is 6.92 Å². The normalized spacial score (nSPS) is 40.6. The van der Waals surface area contributed by atoms with Gasteiger partial charge in [-0.15, -0.1) is 0 Å². The fourth-order valence-electron chi connectivity index (χ4n) is 3.11. The van der Waals surface area contributed by atoms with Crippen molar-refractivity contribution in [2.24, 2.45) is 17.6 Å². The Labute approximate surface area is 109 Å². The molecule has 0 aromatic carbocycles. The van der Waals surface area contributed by atoms with Gasteiger partial charge in [-0.1, -0.05) is 6.92 Å². The van der Waals surface area contributed by atoms with Gasteiger partial charge in [0.05, 0.1) is 6.54 Å². The number of hydrogen-bond acceptors (Lipinski definition) is 4. The predicted molar refractivity (Wildman–Crippen MR) is 62.3 cm³/mol. The molecule has 108 valence electrons. The Hall–Kier alpha value is -1.24. The van der Waals surface area contributed by atoms with E-state index in [-0.39, 0.29) is 18.9 Å². The Kier molecular flexibility index (Phi) is 3.28. The molecule has 0 bridgehead atoms. The van der Waals surface area contributed by atoms with Crippen molar-refractivity contribution in [3.8, 4) is 0 Å². The van der Waals surface area contributed by atoms with Gasteiger partial charge in [0.15, 0.2) is 0 Å². The Morgan fingerprint density at radius 2 is 2.16 bits per heavy atom. The number of carbonyl (C=O) groups excluding carboxylic acids is 2. The topological polar surface area (TPSA) is 81.4 Å². The Morgan fingerprint density at radius 3 is 2.74 bits per heavy atom. The Morgan fingerprint density at radius 1 is 1.53 bits per heavy atom. The van der Waals surface area contributed by atoms with Crippen LogP contribution in [-0.2, 0) is 14.3 Å². The Balaban J connectivity index is 2.32. The molecule has 0 aromatic heterocycles. The van der Waals surface area contributed by atoms with Crippen molar-refractivity contribution >= 4 is 11.9 Å². The molecule has 1 saturated carbocycles. The van der Waals surface area contributed by atoms with Crippen LogP contribution in [0.1, 0.15) is 26.7 Å². The number of rotatable bonds is 3. The lowest BCUT2D eigenvalue weighted by atomic mass is 9.67. The molecule has 1 saturated heterocycles. The van der Waals surface area contributed by atoms with Crippen LogP contribution in [0.4, 0.5) is 8.78 Å². The number of halogens is 2. The predicted octanol–water partition coefficient (Wildman–Crippen LogP) is 0.427. The first kappa shape index (κ1) is 14.2. The molecule has 3 N–H and O–H groups in total. The number of ether oxygens (including phenoxy) is 1. The van der Waals surface area contributed by atoms with E-state index in [2.05, 4.69) is 5.32 Å². The van der Waals surface area contributed by atoms with Gasteiger partial charge in [0.25, 0.3) is 5.92 Å². The second kappa shape index (κ2) is 4.40. The zero-order chi connectivity index (χ0) is 14.4. The number of amides is 1. The fraction of sp³-hybridized carbons (Fsp3) is 0.833. The average molecular weight is 276 g/mol. The third-order valence-electron chi connectivity index (χ3n) is 4.28. The summed E-state index contributed by atoms with van der Waals surface area (Å²) in [5, 5.41) is 2.62. The minimum Gasteiger partial charge on any atom is -0.461 e. The number of hydrogen-bond donors (Lipinski definition) is 2. The number of alkyl halides is 2. The fourth-order valence-corrected chi connectivity index (χ4v) is 3.11. The highest BCUT2D eigenvalue weighted by molar-refractivity contribution is 5.85. The van der Waals surface area contributed by atoms with Gasteiger partial charge < -0.3 is 10.5 Å². The van der Waals surface area contributed by atoms with Crippen molar-refractivity contribution < 1.29 is 23.1 Å². The van der Waals surface area contributed by atoms with E-state index in [4.69, 9.17) is 10.5 Å². The van der Waals surface area contributed by atoms with Gasteiger partial charge in [0.1, 0.15) is 11.6 Å². The lowest BCUT2D eigenvalue weighted by molar-refractivity contribution is -0.155. The second-order valence-electron chi connectivity index (χ2n) is 5.58. The highest BCUT2D eigenvalue weighted by atomic mass is 19.3. The quantitative estimate of drug-likeness (QED) is 0.732. The molecule has 0 aromatic rings. The van der Waals surface area contributed by atoms with Crippen molar-refractivity contribution in [2.75, 3.05) is 6.54 Å². The molecule has 2 rings (SSSR count). The highest BCUT2D eigenvalue weighted by Crippen LogP contribution is 2.51. The number of fused-ring (bicyclic) bond motifs is 1. The first-order chi connectivity index (χ1) is 8.69. The van der Waals surface area contributed by atoms with Gasteiger partial charge >= 0.3 is 5.97 Å². The number of esters is 1. The third-order valence-corrected chi connectivity index (χ3v) is 4.28. The van der Waals surface area contributed by atoms with Crippen LogP contribution in [0.3, 0.4) is 0 Å². The second-order valence-corrected chi connectivity index (χ2v) is 5.58. The van der Waals surface area contributed by atoms with Gasteiger partial charge in [-0.2, -0.15) is 0 Å². The molecule has 1 heterocycles. The maximum atomic E-state index is 13.9. The van der Waals surface area contributed by atoms with E-state index >= 15 is 0 Å². The van der Waals surface area contributed by atoms with Gasteiger partial charge in [-0.05, 0) is 13.3 Å². The molecule has 1 amide bonds. The summed E-state index contributed by atoms with van der Waals surface area (Å²) in [6.45, 7) is 2.84. The summed E-state index contributed by atoms with van der Waals surface area (Å²) in [6, 6.07) is 0. The zero-order valence-electron chi connectivity index (χ0n) is 10.9. The summed E-state index contributed by atoms with van der Waals surface area (Å²) < 4.78 is 33.0. The number of nitrogens with one attached hydrogen (secondary N) is 1. The van der Waals surface area contributed by atoms with Gasteiger partial charge in [-0.25, -0.2) is 8.78 Å². The molecular formula is C12H18F2N2O3. The van der Waals surface area contributed by atoms with Crippen molar-refractivity contribution in [3.63, 3.8) is 0 Å². The molecule has 5 nitrogen and oxygen atoms in total. The monoisotopic (exact) mass is 276 g/mol. The van der Waals surface area contributed by atoms with Crippen LogP contribution in [0.5, 0.6) is 0 Å². The SMILES string of the molecule is CC1OC(=O)C2(NCC(N)=O)CC(F)(F)C(C)CC12. The van der Waals surface area contributed by atoms with Crippen molar-refractivity contribution in [3.05, 3.63) is 0 Å². The Bertz CT molecular complexity index is 416. The van der Waals surface area contributed by atoms with E-state index in [9.17, 15) is 18.4 Å². The lowest BCUT2D eigenvalue weighted by Crippen LogP contribution is -2.63. The van der Waals surface area contributed by atoms with E-state index in [0.717, 1.165) is 0 Å². The molecule has 19 heavy (non-hydrogen) atoms. The number of nitrogens with two attached hydrogens (primary N) is 1. The van der Waals surface area contributed by atoms with Gasteiger partial charge in [0, 0.05) is 18.3 Å². The summed E-state index contributed by atoms with van der Waals surface area (Å²) in [4.78, 5) is 22.8. The van der Waals surface area contributed by atoms with Crippen molar-refractivity contribution in [2.45, 2.75) is 44.3 Å². The van der Waals surface area contributed by atoms with Gasteiger partial charge in [0.2, 0.25) is 5.91 Å². The maximum absolute atomic E-state index is 13.9. The minimum atomic E-state index is -2.97. The molecule has 0 radical (unpaired) electrons. The van der Waals surface area contributed by atoms with E-state index in [1.165, 1.54) is 6.92 Å². The first-order valence-electron chi connectivity index (χ1n) is 6.31. The molecule has 4 atom stereocenters. The highest BCUT2D eigenvalue weighted by Gasteiger charge is 2.64. The molecule has 2 fully saturated rings. The molecule has 0 spiro atoms. The summed E-state index contributed by atoms with van der Waals surface area (Å²) in [7, 11) is 0. The van der Waals surface area contributed by atoms with Crippen LogP contribution in [0.25, 0.3) is 0 Å². The molecule has 1 aliphatic heterocycles. The molecular weight excluding hydrogens is 258 g/mol. The van der Waals surface area contributed by atoms with Crippen LogP contribution >= 0.6 is 0 Å². The summed E-state index contributed by atoms with van der Waals surface area (Å²) in [5.41, 5.74) is 3.53. The van der Waals surface area contributed by atoms with E-state index in [1.807, 2.05) is 0 Å². The largest absolute Gasteiger partial charge is 0.461 e. The van der Waals surface area contributed by atoms with Crippen LogP contribution in [0.15, 0.2) is 0 Å². The smallest absolute Gasteiger partial charge is 0.327 e. The van der Waals surface area contributed by atoms with Crippen molar-refractivity contribution in [1.82, 2.24) is 5.32 Å². The summed E-state index contributed by atoms with van der Waals surface area (Å²) in [6.07, 6.45) is -0.917. The molecule has 4 unspecified atom stereocenters. The first-order valence-corrected chi connectivity index (χ1v) is 6.31. The molecule has 2 aliphatic rings. The van der Waals surface area contributed by atoms with Gasteiger partial charge in [-0.3, -0.25) is 14.9 Å². The van der Waals surface area contributed by atoms with Crippen LogP contribution in [0, 0.1) is 11.8 Å².